The van der Waals surface area contributed by atoms with Gasteiger partial charge < -0.3 is 30.4 Å². The summed E-state index contributed by atoms with van der Waals surface area (Å²) in [4.78, 5) is 45.8. The smallest absolute Gasteiger partial charge is 0.407 e. The molecule has 0 radical (unpaired) electrons. The number of ether oxygens (including phenoxy) is 2. The Bertz CT molecular complexity index is 1660. The molecule has 11 heteroatoms. The van der Waals surface area contributed by atoms with Crippen LogP contribution in [0.2, 0.25) is 0 Å². The summed E-state index contributed by atoms with van der Waals surface area (Å²) in [6.07, 6.45) is 3.14. The lowest BCUT2D eigenvalue weighted by molar-refractivity contribution is 0.0487. The second kappa shape index (κ2) is 14.4. The number of fused-ring (bicyclic) bond motifs is 1. The average Bonchev–Trinajstić information content (AvgIpc) is 3.36. The van der Waals surface area contributed by atoms with E-state index in [-0.39, 0.29) is 18.3 Å². The number of benzene rings is 2. The first-order chi connectivity index (χ1) is 21.7. The summed E-state index contributed by atoms with van der Waals surface area (Å²) >= 11 is 0. The van der Waals surface area contributed by atoms with Crippen molar-refractivity contribution in [2.75, 3.05) is 13.1 Å². The highest BCUT2D eigenvalue weighted by Gasteiger charge is 2.23. The van der Waals surface area contributed by atoms with Gasteiger partial charge in [-0.3, -0.25) is 9.78 Å². The van der Waals surface area contributed by atoms with Gasteiger partial charge in [0.1, 0.15) is 22.7 Å². The van der Waals surface area contributed by atoms with Crippen molar-refractivity contribution in [1.29, 1.82) is 0 Å². The van der Waals surface area contributed by atoms with Gasteiger partial charge in [-0.05, 0) is 101 Å². The third-order valence-corrected chi connectivity index (χ3v) is 6.80. The number of aromatic nitrogens is 2. The first-order valence-corrected chi connectivity index (χ1v) is 15.2. The Morgan fingerprint density at radius 1 is 0.826 bits per heavy atom. The van der Waals surface area contributed by atoms with Gasteiger partial charge in [-0.25, -0.2) is 14.0 Å². The summed E-state index contributed by atoms with van der Waals surface area (Å²) in [5.74, 6) is -0.684. The summed E-state index contributed by atoms with van der Waals surface area (Å²) < 4.78 is 24.3. The van der Waals surface area contributed by atoms with Gasteiger partial charge in [0.15, 0.2) is 0 Å². The van der Waals surface area contributed by atoms with E-state index >= 15 is 0 Å². The summed E-state index contributed by atoms with van der Waals surface area (Å²) in [6.45, 7) is 11.1. The molecule has 2 aromatic heterocycles. The number of nitrogens with zero attached hydrogens (tertiary/aromatic N) is 1. The van der Waals surface area contributed by atoms with Gasteiger partial charge in [0, 0.05) is 48.0 Å². The van der Waals surface area contributed by atoms with Crippen LogP contribution in [0.5, 0.6) is 0 Å². The minimum atomic E-state index is -0.702. The predicted octanol–water partition coefficient (Wildman–Crippen LogP) is 6.96. The summed E-state index contributed by atoms with van der Waals surface area (Å²) in [6, 6.07) is 15.2. The Kier molecular flexibility index (Phi) is 10.7. The van der Waals surface area contributed by atoms with E-state index in [2.05, 4.69) is 25.9 Å². The Morgan fingerprint density at radius 2 is 1.46 bits per heavy atom. The number of rotatable bonds is 10. The summed E-state index contributed by atoms with van der Waals surface area (Å²) in [5.41, 5.74) is 2.98. The van der Waals surface area contributed by atoms with Crippen molar-refractivity contribution < 1.29 is 28.2 Å². The highest BCUT2D eigenvalue weighted by molar-refractivity contribution is 6.10. The molecule has 0 aliphatic rings. The van der Waals surface area contributed by atoms with Crippen LogP contribution in [0.1, 0.15) is 64.9 Å². The molecule has 0 spiro atoms. The van der Waals surface area contributed by atoms with Crippen LogP contribution >= 0.6 is 0 Å². The molecule has 0 unspecified atom stereocenters. The summed E-state index contributed by atoms with van der Waals surface area (Å²) in [7, 11) is 0. The van der Waals surface area contributed by atoms with Crippen molar-refractivity contribution in [3.8, 4) is 22.3 Å². The lowest BCUT2D eigenvalue weighted by Crippen LogP contribution is -2.46. The molecule has 46 heavy (non-hydrogen) atoms. The largest absolute Gasteiger partial charge is 0.444 e. The number of aromatic amines is 1. The van der Waals surface area contributed by atoms with Gasteiger partial charge in [-0.1, -0.05) is 24.3 Å². The molecule has 10 nitrogen and oxygen atoms in total. The number of carbonyl (C=O) groups excluding carboxylic acids is 3. The highest BCUT2D eigenvalue weighted by atomic mass is 19.1. The lowest BCUT2D eigenvalue weighted by atomic mass is 9.99. The van der Waals surface area contributed by atoms with Gasteiger partial charge in [-0.2, -0.15) is 0 Å². The molecule has 0 saturated carbocycles. The number of amides is 3. The van der Waals surface area contributed by atoms with Gasteiger partial charge in [-0.15, -0.1) is 0 Å². The molecule has 0 saturated heterocycles. The van der Waals surface area contributed by atoms with Crippen molar-refractivity contribution in [3.05, 3.63) is 78.5 Å². The maximum absolute atomic E-state index is 13.8. The molecule has 1 atom stereocenters. The fraction of sp³-hybridized carbons (Fsp3) is 0.371. The van der Waals surface area contributed by atoms with E-state index in [4.69, 9.17) is 9.47 Å². The van der Waals surface area contributed by atoms with Gasteiger partial charge in [0.25, 0.3) is 5.91 Å². The topological polar surface area (TPSA) is 134 Å². The zero-order valence-electron chi connectivity index (χ0n) is 27.1. The van der Waals surface area contributed by atoms with Crippen molar-refractivity contribution in [1.82, 2.24) is 25.9 Å². The van der Waals surface area contributed by atoms with Crippen LogP contribution in [0.25, 0.3) is 33.2 Å². The third-order valence-electron chi connectivity index (χ3n) is 6.80. The number of carbonyl (C=O) groups is 3. The Labute approximate surface area is 268 Å². The van der Waals surface area contributed by atoms with Crippen LogP contribution in [0.15, 0.2) is 67.0 Å². The molecule has 2 heterocycles. The Balaban J connectivity index is 1.54. The number of nitrogens with one attached hydrogen (secondary N) is 4. The standard InChI is InChI=1S/C35H42FN5O5/c1-34(2,3)45-32(43)38-17-7-8-26(40-33(44)46-35(4,5)6)21-39-31(42)30-29(23-15-18-37-19-16-23)27-14-11-24(20-28(27)41-30)22-9-12-25(36)13-10-22/h9-16,18-20,26,41H,7-8,17,21H2,1-6H3,(H,38,43)(H,39,42)(H,40,44)/t26-/m0/s1. The predicted molar refractivity (Wildman–Crippen MR) is 176 cm³/mol. The minimum Gasteiger partial charge on any atom is -0.444 e. The fourth-order valence-electron chi connectivity index (χ4n) is 4.86. The fourth-order valence-corrected chi connectivity index (χ4v) is 4.86. The number of hydrogen-bond acceptors (Lipinski definition) is 6. The minimum absolute atomic E-state index is 0.108. The second-order valence-corrected chi connectivity index (χ2v) is 13.0. The molecule has 2 aromatic carbocycles. The molecular weight excluding hydrogens is 589 g/mol. The highest BCUT2D eigenvalue weighted by Crippen LogP contribution is 2.34. The van der Waals surface area contributed by atoms with Crippen LogP contribution in [0.3, 0.4) is 0 Å². The van der Waals surface area contributed by atoms with Crippen molar-refractivity contribution in [2.45, 2.75) is 71.6 Å². The number of halogens is 1. The summed E-state index contributed by atoms with van der Waals surface area (Å²) in [5, 5.41) is 9.35. The monoisotopic (exact) mass is 631 g/mol. The third kappa shape index (κ3) is 9.79. The van der Waals surface area contributed by atoms with Crippen LogP contribution in [0, 0.1) is 5.82 Å². The number of H-pyrrole nitrogens is 1. The molecule has 0 aliphatic heterocycles. The van der Waals surface area contributed by atoms with Gasteiger partial charge in [0.2, 0.25) is 0 Å². The van der Waals surface area contributed by atoms with E-state index in [0.29, 0.717) is 30.6 Å². The molecule has 244 valence electrons. The second-order valence-electron chi connectivity index (χ2n) is 13.0. The van der Waals surface area contributed by atoms with Gasteiger partial charge >= 0.3 is 12.2 Å². The average molecular weight is 632 g/mol. The van der Waals surface area contributed by atoms with Crippen LogP contribution < -0.4 is 16.0 Å². The number of pyridine rings is 1. The SMILES string of the molecule is CC(C)(C)OC(=O)NCCC[C@@H](CNC(=O)c1[nH]c2cc(-c3ccc(F)cc3)ccc2c1-c1ccncc1)NC(=O)OC(C)(C)C. The van der Waals surface area contributed by atoms with E-state index in [1.165, 1.54) is 12.1 Å². The van der Waals surface area contributed by atoms with Crippen molar-refractivity contribution in [2.24, 2.45) is 0 Å². The molecule has 4 aromatic rings. The van der Waals surface area contributed by atoms with Crippen molar-refractivity contribution >= 4 is 29.0 Å². The van der Waals surface area contributed by atoms with E-state index in [1.54, 1.807) is 66.1 Å². The van der Waals surface area contributed by atoms with E-state index in [9.17, 15) is 18.8 Å². The van der Waals surface area contributed by atoms with Gasteiger partial charge in [0.05, 0.1) is 0 Å². The molecule has 4 N–H and O–H groups in total. The van der Waals surface area contributed by atoms with E-state index in [0.717, 1.165) is 27.6 Å². The zero-order chi connectivity index (χ0) is 33.5. The molecular formula is C35H42FN5O5. The molecule has 0 bridgehead atoms. The first-order valence-electron chi connectivity index (χ1n) is 15.2. The molecule has 4 rings (SSSR count). The lowest BCUT2D eigenvalue weighted by Gasteiger charge is -2.24. The Hall–Kier alpha value is -4.93. The van der Waals surface area contributed by atoms with Crippen LogP contribution in [0.4, 0.5) is 14.0 Å². The van der Waals surface area contributed by atoms with Crippen LogP contribution in [-0.4, -0.2) is 58.4 Å². The Morgan fingerprint density at radius 3 is 2.11 bits per heavy atom. The first kappa shape index (κ1) is 34.0. The quantitative estimate of drug-likeness (QED) is 0.140. The van der Waals surface area contributed by atoms with E-state index in [1.807, 2.05) is 30.3 Å². The number of hydrogen-bond donors (Lipinski definition) is 4. The maximum Gasteiger partial charge on any atom is 0.407 e. The zero-order valence-corrected chi connectivity index (χ0v) is 27.1. The maximum atomic E-state index is 13.8. The molecule has 3 amide bonds. The number of alkyl carbamates (subject to hydrolysis) is 2. The van der Waals surface area contributed by atoms with E-state index < -0.39 is 29.4 Å². The van der Waals surface area contributed by atoms with Crippen LogP contribution in [-0.2, 0) is 9.47 Å². The van der Waals surface area contributed by atoms with Crippen molar-refractivity contribution in [3.63, 3.8) is 0 Å². The molecule has 0 fully saturated rings. The normalized spacial score (nSPS) is 12.3. The molecule has 0 aliphatic carbocycles.